The van der Waals surface area contributed by atoms with Gasteiger partial charge in [-0.05, 0) is 32.1 Å². The van der Waals surface area contributed by atoms with Crippen molar-refractivity contribution in [1.29, 1.82) is 0 Å². The van der Waals surface area contributed by atoms with Crippen molar-refractivity contribution in [3.8, 4) is 0 Å². The van der Waals surface area contributed by atoms with Crippen molar-refractivity contribution >= 4 is 5.78 Å². The molecule has 0 bridgehead atoms. The topological polar surface area (TPSA) is 37.3 Å². The van der Waals surface area contributed by atoms with Crippen molar-refractivity contribution in [3.05, 3.63) is 0 Å². The zero-order valence-electron chi connectivity index (χ0n) is 7.71. The highest BCUT2D eigenvalue weighted by molar-refractivity contribution is 5.99. The van der Waals surface area contributed by atoms with Gasteiger partial charge in [0, 0.05) is 11.8 Å². The second-order valence-electron chi connectivity index (χ2n) is 4.86. The van der Waals surface area contributed by atoms with Crippen LogP contribution in [0.15, 0.2) is 0 Å². The normalized spacial score (nSPS) is 52.9. The molecule has 2 fully saturated rings. The highest BCUT2D eigenvalue weighted by atomic mass is 16.3. The Balaban J connectivity index is 2.12. The molecule has 0 radical (unpaired) electrons. The second kappa shape index (κ2) is 2.32. The predicted molar refractivity (Wildman–Crippen MR) is 45.6 cm³/mol. The maximum atomic E-state index is 11.2. The summed E-state index contributed by atoms with van der Waals surface area (Å²) in [6.45, 7) is 3.99. The number of ketones is 1. The van der Waals surface area contributed by atoms with E-state index in [1.54, 1.807) is 0 Å². The van der Waals surface area contributed by atoms with Gasteiger partial charge in [0.2, 0.25) is 0 Å². The van der Waals surface area contributed by atoms with Crippen molar-refractivity contribution in [2.45, 2.75) is 38.7 Å². The highest BCUT2D eigenvalue weighted by Crippen LogP contribution is 2.48. The molecule has 0 amide bonds. The molecule has 0 saturated heterocycles. The van der Waals surface area contributed by atoms with E-state index < -0.39 is 5.60 Å². The van der Waals surface area contributed by atoms with Crippen LogP contribution in [0.1, 0.15) is 33.1 Å². The molecule has 2 heteroatoms. The lowest BCUT2D eigenvalue weighted by Crippen LogP contribution is -2.26. The van der Waals surface area contributed by atoms with E-state index in [0.717, 1.165) is 12.8 Å². The van der Waals surface area contributed by atoms with Gasteiger partial charge in [0.25, 0.3) is 0 Å². The third kappa shape index (κ3) is 1.28. The molecule has 3 unspecified atom stereocenters. The molecule has 0 spiro atoms. The summed E-state index contributed by atoms with van der Waals surface area (Å²) >= 11 is 0. The summed E-state index contributed by atoms with van der Waals surface area (Å²) in [4.78, 5) is 11.2. The molecule has 2 nitrogen and oxygen atoms in total. The van der Waals surface area contributed by atoms with Crippen molar-refractivity contribution in [2.24, 2.45) is 17.8 Å². The average molecular weight is 168 g/mol. The first-order chi connectivity index (χ1) is 5.49. The zero-order valence-corrected chi connectivity index (χ0v) is 7.71. The maximum Gasteiger partial charge on any atom is 0.140 e. The van der Waals surface area contributed by atoms with Crippen LogP contribution in [-0.2, 0) is 4.79 Å². The first-order valence-corrected chi connectivity index (χ1v) is 4.76. The van der Waals surface area contributed by atoms with Gasteiger partial charge in [0.15, 0.2) is 0 Å². The maximum absolute atomic E-state index is 11.2. The molecule has 0 aliphatic heterocycles. The van der Waals surface area contributed by atoms with Crippen molar-refractivity contribution in [1.82, 2.24) is 0 Å². The number of hydrogen-bond donors (Lipinski definition) is 1. The molecule has 4 atom stereocenters. The van der Waals surface area contributed by atoms with Gasteiger partial charge in [0.05, 0.1) is 5.60 Å². The van der Waals surface area contributed by atoms with E-state index in [-0.39, 0.29) is 5.92 Å². The molecule has 2 aliphatic rings. The number of hydrogen-bond acceptors (Lipinski definition) is 2. The minimum atomic E-state index is -0.592. The Morgan fingerprint density at radius 2 is 2.08 bits per heavy atom. The SMILES string of the molecule is CC1CC2C(=O)[C@H]2CC(C)(O)C1. The minimum Gasteiger partial charge on any atom is -0.390 e. The van der Waals surface area contributed by atoms with E-state index >= 15 is 0 Å². The third-order valence-corrected chi connectivity index (χ3v) is 3.21. The Hall–Kier alpha value is -0.370. The zero-order chi connectivity index (χ0) is 8.93. The van der Waals surface area contributed by atoms with Crippen LogP contribution < -0.4 is 0 Å². The lowest BCUT2D eigenvalue weighted by Gasteiger charge is -2.24. The largest absolute Gasteiger partial charge is 0.390 e. The molecule has 0 aromatic rings. The molecular weight excluding hydrogens is 152 g/mol. The van der Waals surface area contributed by atoms with Gasteiger partial charge in [-0.3, -0.25) is 4.79 Å². The summed E-state index contributed by atoms with van der Waals surface area (Å²) in [5.74, 6) is 1.39. The van der Waals surface area contributed by atoms with Gasteiger partial charge < -0.3 is 5.11 Å². The molecule has 68 valence electrons. The van der Waals surface area contributed by atoms with Crippen molar-refractivity contribution in [2.75, 3.05) is 0 Å². The second-order valence-corrected chi connectivity index (χ2v) is 4.86. The van der Waals surface area contributed by atoms with Gasteiger partial charge in [0.1, 0.15) is 5.78 Å². The first kappa shape index (κ1) is 8.24. The number of aliphatic hydroxyl groups is 1. The molecule has 2 aliphatic carbocycles. The Kier molecular flexibility index (Phi) is 1.59. The van der Waals surface area contributed by atoms with Crippen LogP contribution in [0.5, 0.6) is 0 Å². The number of carbonyl (C=O) groups is 1. The van der Waals surface area contributed by atoms with E-state index in [1.807, 2.05) is 6.92 Å². The molecule has 0 aromatic carbocycles. The van der Waals surface area contributed by atoms with E-state index in [9.17, 15) is 9.90 Å². The number of rotatable bonds is 0. The van der Waals surface area contributed by atoms with Crippen LogP contribution in [0.4, 0.5) is 0 Å². The minimum absolute atomic E-state index is 0.199. The molecule has 2 rings (SSSR count). The fraction of sp³-hybridized carbons (Fsp3) is 0.900. The molecular formula is C10H16O2. The fourth-order valence-corrected chi connectivity index (χ4v) is 2.70. The van der Waals surface area contributed by atoms with Gasteiger partial charge in [-0.1, -0.05) is 6.92 Å². The first-order valence-electron chi connectivity index (χ1n) is 4.76. The van der Waals surface area contributed by atoms with Gasteiger partial charge in [-0.2, -0.15) is 0 Å². The van der Waals surface area contributed by atoms with Gasteiger partial charge in [-0.25, -0.2) is 0 Å². The molecule has 1 N–H and O–H groups in total. The van der Waals surface area contributed by atoms with E-state index in [1.165, 1.54) is 0 Å². The van der Waals surface area contributed by atoms with Crippen molar-refractivity contribution < 1.29 is 9.90 Å². The van der Waals surface area contributed by atoms with E-state index in [2.05, 4.69) is 6.92 Å². The monoisotopic (exact) mass is 168 g/mol. The smallest absolute Gasteiger partial charge is 0.140 e. The summed E-state index contributed by atoms with van der Waals surface area (Å²) in [5, 5.41) is 9.89. The highest BCUT2D eigenvalue weighted by Gasteiger charge is 2.53. The number of Topliss-reactive ketones (excluding diaryl/α,β-unsaturated/α-hetero) is 1. The number of carbonyl (C=O) groups excluding carboxylic acids is 1. The van der Waals surface area contributed by atoms with Crippen LogP contribution in [0.25, 0.3) is 0 Å². The molecule has 0 aromatic heterocycles. The lowest BCUT2D eigenvalue weighted by atomic mass is 9.90. The van der Waals surface area contributed by atoms with Gasteiger partial charge >= 0.3 is 0 Å². The average Bonchev–Trinajstić information content (AvgIpc) is 2.46. The Morgan fingerprint density at radius 3 is 2.75 bits per heavy atom. The third-order valence-electron chi connectivity index (χ3n) is 3.21. The number of fused-ring (bicyclic) bond motifs is 1. The standard InChI is InChI=1S/C10H16O2/c1-6-3-7-8(9(7)11)5-10(2,12)4-6/h6-8,12H,3-5H2,1-2H3/t6?,7?,8-,10?/m0/s1. The lowest BCUT2D eigenvalue weighted by molar-refractivity contribution is -0.113. The Morgan fingerprint density at radius 1 is 1.42 bits per heavy atom. The van der Waals surface area contributed by atoms with Crippen LogP contribution in [0.2, 0.25) is 0 Å². The summed E-state index contributed by atoms with van der Waals surface area (Å²) in [6.07, 6.45) is 2.55. The molecule has 2 saturated carbocycles. The van der Waals surface area contributed by atoms with Gasteiger partial charge in [-0.15, -0.1) is 0 Å². The van der Waals surface area contributed by atoms with Crippen LogP contribution >= 0.6 is 0 Å². The predicted octanol–water partition coefficient (Wildman–Crippen LogP) is 1.37. The van der Waals surface area contributed by atoms with E-state index in [4.69, 9.17) is 0 Å². The van der Waals surface area contributed by atoms with Crippen LogP contribution in [0, 0.1) is 17.8 Å². The molecule has 12 heavy (non-hydrogen) atoms. The van der Waals surface area contributed by atoms with E-state index in [0.29, 0.717) is 24.0 Å². The summed E-state index contributed by atoms with van der Waals surface area (Å²) < 4.78 is 0. The summed E-state index contributed by atoms with van der Waals surface area (Å²) in [6, 6.07) is 0. The van der Waals surface area contributed by atoms with Crippen LogP contribution in [0.3, 0.4) is 0 Å². The quantitative estimate of drug-likeness (QED) is 0.593. The summed E-state index contributed by atoms with van der Waals surface area (Å²) in [7, 11) is 0. The van der Waals surface area contributed by atoms with Crippen molar-refractivity contribution in [3.63, 3.8) is 0 Å². The van der Waals surface area contributed by atoms with Crippen LogP contribution in [-0.4, -0.2) is 16.5 Å². The molecule has 0 heterocycles. The Bertz CT molecular complexity index is 220. The summed E-state index contributed by atoms with van der Waals surface area (Å²) in [5.41, 5.74) is -0.592. The fourth-order valence-electron chi connectivity index (χ4n) is 2.70. The Labute approximate surface area is 73.0 Å².